The van der Waals surface area contributed by atoms with Crippen molar-refractivity contribution in [1.29, 1.82) is 0 Å². The second-order valence-corrected chi connectivity index (χ2v) is 8.49. The summed E-state index contributed by atoms with van der Waals surface area (Å²) in [6.45, 7) is 3.94. The van der Waals surface area contributed by atoms with E-state index in [0.29, 0.717) is 5.75 Å². The number of carbonyl (C=O) groups excluding carboxylic acids is 1. The summed E-state index contributed by atoms with van der Waals surface area (Å²) in [5, 5.41) is 0. The molecule has 6 nitrogen and oxygen atoms in total. The number of benzene rings is 1. The Morgan fingerprint density at radius 1 is 1.26 bits per heavy atom. The molecule has 1 amide bonds. The van der Waals surface area contributed by atoms with Crippen molar-refractivity contribution in [1.82, 2.24) is 4.90 Å². The van der Waals surface area contributed by atoms with E-state index in [0.717, 1.165) is 5.56 Å². The van der Waals surface area contributed by atoms with E-state index >= 15 is 0 Å². The Hall–Kier alpha value is -1.36. The topological polar surface area (TPSA) is 65.1 Å². The number of amides is 1. The van der Waals surface area contributed by atoms with Crippen LogP contribution in [0, 0.1) is 0 Å². The summed E-state index contributed by atoms with van der Waals surface area (Å²) in [5.74, 6) is 0.513. The summed E-state index contributed by atoms with van der Waals surface area (Å²) in [6, 6.07) is 7.49. The normalized spacial score (nSPS) is 26.4. The maximum atomic E-state index is 12.7. The number of hydrogen-bond acceptors (Lipinski definition) is 5. The average molecular weight is 339 g/mol. The molecule has 1 saturated heterocycles. The fourth-order valence-corrected chi connectivity index (χ4v) is 4.85. The second kappa shape index (κ2) is 5.93. The molecular weight excluding hydrogens is 317 g/mol. The zero-order chi connectivity index (χ0) is 16.8. The van der Waals surface area contributed by atoms with Gasteiger partial charge in [0.05, 0.1) is 12.2 Å². The molecule has 0 saturated carbocycles. The average Bonchev–Trinajstić information content (AvgIpc) is 2.55. The zero-order valence-electron chi connectivity index (χ0n) is 13.8. The van der Waals surface area contributed by atoms with Gasteiger partial charge in [-0.05, 0) is 19.9 Å². The van der Waals surface area contributed by atoms with Crippen LogP contribution in [0.3, 0.4) is 0 Å². The van der Waals surface area contributed by atoms with Crippen molar-refractivity contribution in [3.63, 3.8) is 0 Å². The Labute approximate surface area is 136 Å². The Kier molecular flexibility index (Phi) is 4.25. The van der Waals surface area contributed by atoms with Crippen molar-refractivity contribution in [2.45, 2.75) is 38.0 Å². The maximum Gasteiger partial charge on any atom is 0.330 e. The van der Waals surface area contributed by atoms with E-state index in [1.807, 2.05) is 38.1 Å². The highest BCUT2D eigenvalue weighted by Gasteiger charge is 2.58. The van der Waals surface area contributed by atoms with Crippen molar-refractivity contribution in [3.05, 3.63) is 29.8 Å². The van der Waals surface area contributed by atoms with Gasteiger partial charge in [0, 0.05) is 31.7 Å². The fraction of sp³-hybridized carbons (Fsp3) is 0.562. The van der Waals surface area contributed by atoms with Crippen molar-refractivity contribution in [2.24, 2.45) is 0 Å². The van der Waals surface area contributed by atoms with Crippen LogP contribution in [-0.2, 0) is 18.4 Å². The summed E-state index contributed by atoms with van der Waals surface area (Å²) in [4.78, 5) is 14.2. The lowest BCUT2D eigenvalue weighted by atomic mass is 9.79. The van der Waals surface area contributed by atoms with E-state index in [1.165, 1.54) is 14.2 Å². The molecule has 23 heavy (non-hydrogen) atoms. The molecule has 2 heterocycles. The highest BCUT2D eigenvalue weighted by atomic mass is 31.2. The molecule has 1 aromatic rings. The number of para-hydroxylation sites is 1. The third-order valence-electron chi connectivity index (χ3n) is 4.65. The molecule has 0 radical (unpaired) electrons. The number of rotatable bonds is 5. The molecule has 2 aliphatic heterocycles. The molecule has 0 spiro atoms. The first-order chi connectivity index (χ1) is 10.9. The largest absolute Gasteiger partial charge is 0.478 e. The monoisotopic (exact) mass is 339 g/mol. The van der Waals surface area contributed by atoms with Crippen molar-refractivity contribution in [2.75, 3.05) is 20.4 Å². The maximum absolute atomic E-state index is 12.7. The number of likely N-dealkylation sites (tertiary alicyclic amines) is 1. The van der Waals surface area contributed by atoms with Gasteiger partial charge in [-0.3, -0.25) is 9.36 Å². The van der Waals surface area contributed by atoms with Crippen molar-refractivity contribution >= 4 is 13.5 Å². The second-order valence-electron chi connectivity index (χ2n) is 6.17. The van der Waals surface area contributed by atoms with Crippen LogP contribution in [0.4, 0.5) is 0 Å². The van der Waals surface area contributed by atoms with Gasteiger partial charge in [0.2, 0.25) is 0 Å². The lowest BCUT2D eigenvalue weighted by Gasteiger charge is -2.54. The van der Waals surface area contributed by atoms with Gasteiger partial charge in [0.15, 0.2) is 6.10 Å². The van der Waals surface area contributed by atoms with Gasteiger partial charge in [-0.15, -0.1) is 0 Å². The first kappa shape index (κ1) is 16.5. The van der Waals surface area contributed by atoms with E-state index in [1.54, 1.807) is 4.90 Å². The molecule has 3 atom stereocenters. The van der Waals surface area contributed by atoms with Gasteiger partial charge in [-0.25, -0.2) is 0 Å². The van der Waals surface area contributed by atoms with Crippen LogP contribution in [-0.4, -0.2) is 49.4 Å². The summed E-state index contributed by atoms with van der Waals surface area (Å²) < 4.78 is 28.8. The smallest absolute Gasteiger partial charge is 0.330 e. The van der Waals surface area contributed by atoms with Gasteiger partial charge in [0.25, 0.3) is 5.91 Å². The third-order valence-corrected chi connectivity index (χ3v) is 6.60. The molecular formula is C16H22NO5P. The molecule has 0 unspecified atom stereocenters. The van der Waals surface area contributed by atoms with E-state index in [-0.39, 0.29) is 30.1 Å². The number of β-lactam (4-membered cyclic amide) rings is 1. The molecule has 1 aromatic carbocycles. The molecule has 2 aliphatic rings. The summed E-state index contributed by atoms with van der Waals surface area (Å²) in [5.41, 5.74) is 0.946. The van der Waals surface area contributed by atoms with Crippen LogP contribution in [0.15, 0.2) is 24.3 Å². The minimum atomic E-state index is -3.21. The van der Waals surface area contributed by atoms with Crippen LogP contribution < -0.4 is 4.74 Å². The predicted octanol–water partition coefficient (Wildman–Crippen LogP) is 2.64. The molecule has 126 valence electrons. The molecule has 1 fully saturated rings. The van der Waals surface area contributed by atoms with Gasteiger partial charge < -0.3 is 18.7 Å². The van der Waals surface area contributed by atoms with Crippen LogP contribution >= 0.6 is 7.60 Å². The molecule has 0 N–H and O–H groups in total. The molecule has 0 aromatic heterocycles. The van der Waals surface area contributed by atoms with Gasteiger partial charge in [0.1, 0.15) is 5.75 Å². The van der Waals surface area contributed by atoms with E-state index in [9.17, 15) is 9.36 Å². The van der Waals surface area contributed by atoms with Gasteiger partial charge in [-0.1, -0.05) is 18.2 Å². The molecule has 3 rings (SSSR count). The van der Waals surface area contributed by atoms with E-state index < -0.39 is 13.7 Å². The van der Waals surface area contributed by atoms with Gasteiger partial charge >= 0.3 is 7.60 Å². The number of hydrogen-bond donors (Lipinski definition) is 0. The lowest BCUT2D eigenvalue weighted by molar-refractivity contribution is -0.171. The first-order valence-electron chi connectivity index (χ1n) is 7.70. The number of fused-ring (bicyclic) bond motifs is 2. The fourth-order valence-electron chi connectivity index (χ4n) is 3.51. The summed E-state index contributed by atoms with van der Waals surface area (Å²) >= 11 is 0. The molecule has 0 aliphatic carbocycles. The Bertz CT molecular complexity index is 654. The first-order valence-corrected chi connectivity index (χ1v) is 9.43. The van der Waals surface area contributed by atoms with E-state index in [4.69, 9.17) is 13.8 Å². The van der Waals surface area contributed by atoms with Crippen molar-refractivity contribution < 1.29 is 23.1 Å². The van der Waals surface area contributed by atoms with Crippen LogP contribution in [0.5, 0.6) is 5.75 Å². The number of ether oxygens (including phenoxy) is 1. The molecule has 0 bridgehead atoms. The van der Waals surface area contributed by atoms with Crippen LogP contribution in [0.1, 0.15) is 25.3 Å². The predicted molar refractivity (Wildman–Crippen MR) is 85.9 cm³/mol. The van der Waals surface area contributed by atoms with Crippen molar-refractivity contribution in [3.8, 4) is 5.75 Å². The number of carbonyl (C=O) groups is 1. The lowest BCUT2D eigenvalue weighted by Crippen LogP contribution is -2.72. The van der Waals surface area contributed by atoms with Crippen LogP contribution in [0.25, 0.3) is 0 Å². The standard InChI is InChI=1S/C16H22NO5P/c1-10(2)17-14-12(9-23(19,20-3)21-4)11-7-5-6-8-13(11)22-15(14)16(17)18/h5-8,10,12,14-15H,9H2,1-4H3/t12-,14+,15-/m1/s1. The number of nitrogens with zero attached hydrogens (tertiary/aromatic N) is 1. The molecule has 7 heteroatoms. The Morgan fingerprint density at radius 2 is 1.91 bits per heavy atom. The van der Waals surface area contributed by atoms with Gasteiger partial charge in [-0.2, -0.15) is 0 Å². The minimum absolute atomic E-state index is 0.0193. The summed E-state index contributed by atoms with van der Waals surface area (Å²) in [6.07, 6.45) is -0.294. The van der Waals surface area contributed by atoms with Crippen LogP contribution in [0.2, 0.25) is 0 Å². The third kappa shape index (κ3) is 2.59. The minimum Gasteiger partial charge on any atom is -0.478 e. The SMILES string of the molecule is COP(=O)(C[C@@H]1c2ccccc2O[C@H]2C(=O)N(C(C)C)[C@@H]12)OC. The zero-order valence-corrected chi connectivity index (χ0v) is 14.7. The van der Waals surface area contributed by atoms with E-state index in [2.05, 4.69) is 0 Å². The highest BCUT2D eigenvalue weighted by molar-refractivity contribution is 7.53. The summed E-state index contributed by atoms with van der Waals surface area (Å²) in [7, 11) is -0.429. The quantitative estimate of drug-likeness (QED) is 0.609. The Morgan fingerprint density at radius 3 is 2.52 bits per heavy atom. The highest BCUT2D eigenvalue weighted by Crippen LogP contribution is 2.55. The Balaban J connectivity index is 2.01.